The van der Waals surface area contributed by atoms with Crippen LogP contribution in [0.5, 0.6) is 0 Å². The van der Waals surface area contributed by atoms with Crippen molar-refractivity contribution in [1.29, 1.82) is 0 Å². The van der Waals surface area contributed by atoms with E-state index in [4.69, 9.17) is 4.74 Å². The predicted molar refractivity (Wildman–Crippen MR) is 61.3 cm³/mol. The summed E-state index contributed by atoms with van der Waals surface area (Å²) < 4.78 is 7.24. The number of hydrogen-bond donors (Lipinski definition) is 0. The molecule has 0 saturated heterocycles. The molecule has 0 bridgehead atoms. The van der Waals surface area contributed by atoms with E-state index in [0.717, 1.165) is 10.7 Å². The first kappa shape index (κ1) is 11.2. The lowest BCUT2D eigenvalue weighted by molar-refractivity contribution is 0.0761. The molecule has 0 aliphatic rings. The number of ether oxygens (including phenoxy) is 1. The minimum atomic E-state index is 0.0690. The highest BCUT2D eigenvalue weighted by atomic mass is 32.1. The van der Waals surface area contributed by atoms with Gasteiger partial charge in [0.15, 0.2) is 0 Å². The largest absolute Gasteiger partial charge is 0.372 e. The third-order valence-corrected chi connectivity index (χ3v) is 3.18. The van der Waals surface area contributed by atoms with Gasteiger partial charge in [0, 0.05) is 18.2 Å². The molecular weight excluding hydrogens is 224 g/mol. The Bertz CT molecular complexity index is 426. The van der Waals surface area contributed by atoms with Gasteiger partial charge in [-0.3, -0.25) is 0 Å². The van der Waals surface area contributed by atoms with Crippen LogP contribution in [0.15, 0.2) is 17.8 Å². The van der Waals surface area contributed by atoms with Crippen LogP contribution in [0, 0.1) is 0 Å². The highest BCUT2D eigenvalue weighted by Gasteiger charge is 2.10. The highest BCUT2D eigenvalue weighted by molar-refractivity contribution is 7.09. The molecule has 0 unspecified atom stereocenters. The van der Waals surface area contributed by atoms with Crippen LogP contribution in [0.2, 0.25) is 0 Å². The minimum absolute atomic E-state index is 0.0690. The lowest BCUT2D eigenvalue weighted by atomic mass is 10.4. The van der Waals surface area contributed by atoms with Gasteiger partial charge in [-0.1, -0.05) is 5.21 Å². The van der Waals surface area contributed by atoms with Crippen molar-refractivity contribution in [3.63, 3.8) is 0 Å². The van der Waals surface area contributed by atoms with Crippen molar-refractivity contribution in [2.75, 3.05) is 6.61 Å². The number of rotatable bonds is 5. The molecule has 5 nitrogen and oxygen atoms in total. The van der Waals surface area contributed by atoms with Crippen LogP contribution in [-0.2, 0) is 11.3 Å². The number of thiazole rings is 1. The third kappa shape index (κ3) is 2.65. The Hall–Kier alpha value is -1.27. The monoisotopic (exact) mass is 238 g/mol. The lowest BCUT2D eigenvalue weighted by Crippen LogP contribution is -2.03. The van der Waals surface area contributed by atoms with Crippen molar-refractivity contribution < 1.29 is 4.74 Å². The first-order valence-corrected chi connectivity index (χ1v) is 6.07. The topological polar surface area (TPSA) is 52.8 Å². The molecule has 0 radical (unpaired) electrons. The summed E-state index contributed by atoms with van der Waals surface area (Å²) in [6, 6.07) is 0. The van der Waals surface area contributed by atoms with Crippen molar-refractivity contribution in [2.24, 2.45) is 0 Å². The SMILES string of the molecule is CCO[C@@H](C)c1nc(Cn2ccnn2)cs1. The maximum absolute atomic E-state index is 5.49. The van der Waals surface area contributed by atoms with Gasteiger partial charge in [-0.2, -0.15) is 0 Å². The van der Waals surface area contributed by atoms with Gasteiger partial charge in [0.1, 0.15) is 11.1 Å². The van der Waals surface area contributed by atoms with Crippen molar-refractivity contribution >= 4 is 11.3 Å². The second-order valence-corrected chi connectivity index (χ2v) is 4.26. The van der Waals surface area contributed by atoms with E-state index in [2.05, 4.69) is 15.3 Å². The van der Waals surface area contributed by atoms with Crippen LogP contribution in [0.4, 0.5) is 0 Å². The fourth-order valence-corrected chi connectivity index (χ4v) is 2.20. The standard InChI is InChI=1S/C10H14N4OS/c1-3-15-8(2)10-12-9(7-16-10)6-14-5-4-11-13-14/h4-5,7-8H,3,6H2,1-2H3/t8-/m0/s1. The smallest absolute Gasteiger partial charge is 0.122 e. The highest BCUT2D eigenvalue weighted by Crippen LogP contribution is 2.21. The minimum Gasteiger partial charge on any atom is -0.372 e. The molecule has 0 amide bonds. The number of hydrogen-bond acceptors (Lipinski definition) is 5. The summed E-state index contributed by atoms with van der Waals surface area (Å²) in [5.41, 5.74) is 0.997. The van der Waals surface area contributed by atoms with E-state index in [1.54, 1.807) is 22.2 Å². The summed E-state index contributed by atoms with van der Waals surface area (Å²) in [7, 11) is 0. The zero-order chi connectivity index (χ0) is 11.4. The molecule has 2 aromatic heterocycles. The van der Waals surface area contributed by atoms with Gasteiger partial charge in [0.05, 0.1) is 18.4 Å². The van der Waals surface area contributed by atoms with E-state index in [0.29, 0.717) is 13.2 Å². The molecule has 2 heterocycles. The summed E-state index contributed by atoms with van der Waals surface area (Å²) in [5.74, 6) is 0. The Labute approximate surface area is 98.1 Å². The van der Waals surface area contributed by atoms with E-state index in [-0.39, 0.29) is 6.10 Å². The molecule has 0 fully saturated rings. The van der Waals surface area contributed by atoms with Gasteiger partial charge in [-0.15, -0.1) is 16.4 Å². The van der Waals surface area contributed by atoms with Crippen LogP contribution in [0.3, 0.4) is 0 Å². The van der Waals surface area contributed by atoms with E-state index in [9.17, 15) is 0 Å². The second kappa shape index (κ2) is 5.18. The maximum atomic E-state index is 5.49. The molecule has 86 valence electrons. The molecule has 0 saturated carbocycles. The summed E-state index contributed by atoms with van der Waals surface area (Å²) in [4.78, 5) is 4.51. The van der Waals surface area contributed by atoms with Gasteiger partial charge >= 0.3 is 0 Å². The fourth-order valence-electron chi connectivity index (χ4n) is 1.39. The van der Waals surface area contributed by atoms with Crippen molar-refractivity contribution in [2.45, 2.75) is 26.5 Å². The van der Waals surface area contributed by atoms with E-state index >= 15 is 0 Å². The molecular formula is C10H14N4OS. The van der Waals surface area contributed by atoms with E-state index in [1.807, 2.05) is 25.4 Å². The summed E-state index contributed by atoms with van der Waals surface area (Å²) in [6.07, 6.45) is 3.56. The lowest BCUT2D eigenvalue weighted by Gasteiger charge is -2.06. The molecule has 1 atom stereocenters. The average molecular weight is 238 g/mol. The molecule has 6 heteroatoms. The van der Waals surface area contributed by atoms with Gasteiger partial charge in [-0.25, -0.2) is 9.67 Å². The molecule has 0 aromatic carbocycles. The zero-order valence-electron chi connectivity index (χ0n) is 9.33. The third-order valence-electron chi connectivity index (χ3n) is 2.13. The summed E-state index contributed by atoms with van der Waals surface area (Å²) in [6.45, 7) is 5.37. The average Bonchev–Trinajstić information content (AvgIpc) is 2.90. The fraction of sp³-hybridized carbons (Fsp3) is 0.500. The number of aromatic nitrogens is 4. The Kier molecular flexibility index (Phi) is 3.63. The quantitative estimate of drug-likeness (QED) is 0.798. The molecule has 0 aliphatic carbocycles. The van der Waals surface area contributed by atoms with Crippen molar-refractivity contribution in [3.8, 4) is 0 Å². The first-order chi connectivity index (χ1) is 7.79. The molecule has 0 N–H and O–H groups in total. The molecule has 2 aromatic rings. The van der Waals surface area contributed by atoms with Crippen LogP contribution in [0.25, 0.3) is 0 Å². The maximum Gasteiger partial charge on any atom is 0.122 e. The summed E-state index contributed by atoms with van der Waals surface area (Å²) in [5, 5.41) is 10.7. The van der Waals surface area contributed by atoms with Crippen LogP contribution in [0.1, 0.15) is 30.7 Å². The summed E-state index contributed by atoms with van der Waals surface area (Å²) >= 11 is 1.62. The first-order valence-electron chi connectivity index (χ1n) is 5.19. The van der Waals surface area contributed by atoms with Crippen molar-refractivity contribution in [1.82, 2.24) is 20.0 Å². The predicted octanol–water partition coefficient (Wildman–Crippen LogP) is 1.88. The zero-order valence-corrected chi connectivity index (χ0v) is 10.1. The van der Waals surface area contributed by atoms with Crippen LogP contribution in [-0.4, -0.2) is 26.6 Å². The van der Waals surface area contributed by atoms with Gasteiger partial charge < -0.3 is 4.74 Å². The molecule has 0 aliphatic heterocycles. The second-order valence-electron chi connectivity index (χ2n) is 3.38. The van der Waals surface area contributed by atoms with Crippen molar-refractivity contribution in [3.05, 3.63) is 28.5 Å². The van der Waals surface area contributed by atoms with Gasteiger partial charge in [0.25, 0.3) is 0 Å². The molecule has 16 heavy (non-hydrogen) atoms. The Morgan fingerprint density at radius 3 is 3.12 bits per heavy atom. The Morgan fingerprint density at radius 1 is 1.56 bits per heavy atom. The van der Waals surface area contributed by atoms with Crippen LogP contribution >= 0.6 is 11.3 Å². The Balaban J connectivity index is 2.02. The van der Waals surface area contributed by atoms with Gasteiger partial charge in [-0.05, 0) is 13.8 Å². The van der Waals surface area contributed by atoms with Gasteiger partial charge in [0.2, 0.25) is 0 Å². The van der Waals surface area contributed by atoms with Crippen LogP contribution < -0.4 is 0 Å². The number of nitrogens with zero attached hydrogens (tertiary/aromatic N) is 4. The van der Waals surface area contributed by atoms with E-state index < -0.39 is 0 Å². The Morgan fingerprint density at radius 2 is 2.44 bits per heavy atom. The normalized spacial score (nSPS) is 12.9. The van der Waals surface area contributed by atoms with E-state index in [1.165, 1.54) is 0 Å². The molecule has 0 spiro atoms. The molecule has 2 rings (SSSR count).